The van der Waals surface area contributed by atoms with Crippen LogP contribution >= 0.6 is 0 Å². The number of rotatable bonds is 0. The molecule has 0 bridgehead atoms. The van der Waals surface area contributed by atoms with Gasteiger partial charge in [-0.2, -0.15) is 0 Å². The maximum Gasteiger partial charge on any atom is 0.0277 e. The van der Waals surface area contributed by atoms with Crippen molar-refractivity contribution in [1.29, 1.82) is 0 Å². The van der Waals surface area contributed by atoms with Gasteiger partial charge in [0.05, 0.1) is 0 Å². The van der Waals surface area contributed by atoms with Gasteiger partial charge in [0.2, 0.25) is 0 Å². The van der Waals surface area contributed by atoms with E-state index in [1.807, 2.05) is 12.1 Å². The summed E-state index contributed by atoms with van der Waals surface area (Å²) in [4.78, 5) is 0. The third kappa shape index (κ3) is 0.579. The van der Waals surface area contributed by atoms with Crippen LogP contribution in [-0.4, -0.2) is 0 Å². The Labute approximate surface area is 60.9 Å². The molecule has 10 heavy (non-hydrogen) atoms. The van der Waals surface area contributed by atoms with Gasteiger partial charge in [0.25, 0.3) is 0 Å². The Morgan fingerprint density at radius 3 is 2.70 bits per heavy atom. The predicted molar refractivity (Wildman–Crippen MR) is 41.8 cm³/mol. The van der Waals surface area contributed by atoms with Crippen LogP contribution in [0.1, 0.15) is 16.7 Å². The van der Waals surface area contributed by atoms with E-state index in [0.717, 1.165) is 5.56 Å². The average Bonchev–Trinajstić information content (AvgIpc) is 1.91. The van der Waals surface area contributed by atoms with Gasteiger partial charge >= 0.3 is 0 Å². The Balaban J connectivity index is 2.64. The van der Waals surface area contributed by atoms with Crippen molar-refractivity contribution >= 4 is 0 Å². The van der Waals surface area contributed by atoms with Crippen molar-refractivity contribution in [3.8, 4) is 12.3 Å². The zero-order valence-electron chi connectivity index (χ0n) is 5.72. The second-order valence-electron chi connectivity index (χ2n) is 2.59. The molecule has 0 heterocycles. The molecule has 0 nitrogen and oxygen atoms in total. The van der Waals surface area contributed by atoms with Crippen LogP contribution < -0.4 is 0 Å². The highest BCUT2D eigenvalue weighted by Gasteiger charge is 2.14. The summed E-state index contributed by atoms with van der Waals surface area (Å²) in [5.74, 6) is 2.69. The molecule has 0 aromatic heterocycles. The van der Waals surface area contributed by atoms with Crippen LogP contribution in [0, 0.1) is 12.3 Å². The van der Waals surface area contributed by atoms with Crippen LogP contribution in [0.25, 0.3) is 0 Å². The number of benzene rings is 1. The van der Waals surface area contributed by atoms with Gasteiger partial charge in [0.15, 0.2) is 0 Å². The van der Waals surface area contributed by atoms with E-state index in [1.165, 1.54) is 24.0 Å². The minimum Gasteiger partial charge on any atom is -0.115 e. The van der Waals surface area contributed by atoms with Gasteiger partial charge in [-0.25, -0.2) is 0 Å². The van der Waals surface area contributed by atoms with Gasteiger partial charge < -0.3 is 0 Å². The highest BCUT2D eigenvalue weighted by atomic mass is 14.2. The van der Waals surface area contributed by atoms with E-state index in [2.05, 4.69) is 12.0 Å². The predicted octanol–water partition coefficient (Wildman–Crippen LogP) is 1.77. The number of aryl methyl sites for hydroxylation is 1. The third-order valence-electron chi connectivity index (χ3n) is 2.07. The van der Waals surface area contributed by atoms with Crippen LogP contribution in [-0.2, 0) is 12.8 Å². The molecule has 0 aliphatic heterocycles. The standard InChI is InChI=1S/C10H8/c1-2-8-4-3-5-9-6-7-10(8)9/h1,3-5H,6-7H2. The summed E-state index contributed by atoms with van der Waals surface area (Å²) in [6, 6.07) is 6.20. The van der Waals surface area contributed by atoms with E-state index in [4.69, 9.17) is 6.42 Å². The van der Waals surface area contributed by atoms with Crippen LogP contribution in [0.4, 0.5) is 0 Å². The minimum atomic E-state index is 1.09. The van der Waals surface area contributed by atoms with E-state index in [9.17, 15) is 0 Å². The van der Waals surface area contributed by atoms with E-state index in [1.54, 1.807) is 0 Å². The summed E-state index contributed by atoms with van der Waals surface area (Å²) in [5, 5.41) is 0. The first kappa shape index (κ1) is 5.56. The normalized spacial score (nSPS) is 13.1. The highest BCUT2D eigenvalue weighted by molar-refractivity contribution is 5.49. The Kier molecular flexibility index (Phi) is 1.05. The zero-order valence-corrected chi connectivity index (χ0v) is 5.72. The number of hydrogen-bond acceptors (Lipinski definition) is 0. The average molecular weight is 128 g/mol. The third-order valence-corrected chi connectivity index (χ3v) is 2.07. The van der Waals surface area contributed by atoms with E-state index in [0.29, 0.717) is 0 Å². The summed E-state index contributed by atoms with van der Waals surface area (Å²) in [6.07, 6.45) is 7.69. The van der Waals surface area contributed by atoms with Crippen LogP contribution in [0.2, 0.25) is 0 Å². The molecule has 2 rings (SSSR count). The molecule has 0 unspecified atom stereocenters. The largest absolute Gasteiger partial charge is 0.115 e. The summed E-state index contributed by atoms with van der Waals surface area (Å²) in [5.41, 5.74) is 3.92. The van der Waals surface area contributed by atoms with Gasteiger partial charge in [-0.1, -0.05) is 18.1 Å². The van der Waals surface area contributed by atoms with E-state index < -0.39 is 0 Å². The first-order valence-corrected chi connectivity index (χ1v) is 3.49. The molecule has 0 heteroatoms. The summed E-state index contributed by atoms with van der Waals surface area (Å²) >= 11 is 0. The molecule has 0 saturated carbocycles. The van der Waals surface area contributed by atoms with Gasteiger partial charge in [0.1, 0.15) is 0 Å². The zero-order chi connectivity index (χ0) is 6.97. The van der Waals surface area contributed by atoms with Crippen molar-refractivity contribution < 1.29 is 0 Å². The van der Waals surface area contributed by atoms with Crippen molar-refractivity contribution in [2.24, 2.45) is 0 Å². The maximum atomic E-state index is 5.30. The smallest absolute Gasteiger partial charge is 0.0277 e. The molecule has 0 N–H and O–H groups in total. The molecule has 0 spiro atoms. The fourth-order valence-corrected chi connectivity index (χ4v) is 1.38. The second kappa shape index (κ2) is 1.88. The maximum absolute atomic E-state index is 5.30. The number of terminal acetylenes is 1. The fourth-order valence-electron chi connectivity index (χ4n) is 1.38. The molecule has 1 aliphatic carbocycles. The molecular weight excluding hydrogens is 120 g/mol. The van der Waals surface area contributed by atoms with Crippen molar-refractivity contribution in [2.45, 2.75) is 12.8 Å². The number of hydrogen-bond donors (Lipinski definition) is 0. The summed E-state index contributed by atoms with van der Waals surface area (Å²) in [6.45, 7) is 0. The second-order valence-corrected chi connectivity index (χ2v) is 2.59. The molecule has 0 radical (unpaired) electrons. The lowest BCUT2D eigenvalue weighted by Crippen LogP contribution is -2.09. The first-order chi connectivity index (χ1) is 4.92. The molecule has 1 aromatic rings. The van der Waals surface area contributed by atoms with Gasteiger partial charge in [0, 0.05) is 5.56 Å². The minimum absolute atomic E-state index is 1.09. The SMILES string of the molecule is C#Cc1cccc2c1CC2. The molecular formula is C10H8. The van der Waals surface area contributed by atoms with Crippen molar-refractivity contribution in [3.63, 3.8) is 0 Å². The molecule has 48 valence electrons. The Morgan fingerprint density at radius 1 is 1.30 bits per heavy atom. The Bertz CT molecular complexity index is 302. The highest BCUT2D eigenvalue weighted by Crippen LogP contribution is 2.25. The topological polar surface area (TPSA) is 0 Å². The Hall–Kier alpha value is -1.22. The van der Waals surface area contributed by atoms with Gasteiger partial charge in [-0.3, -0.25) is 0 Å². The number of fused-ring (bicyclic) bond motifs is 1. The lowest BCUT2D eigenvalue weighted by atomic mass is 9.85. The molecule has 0 amide bonds. The molecule has 0 saturated heterocycles. The van der Waals surface area contributed by atoms with Gasteiger partial charge in [-0.15, -0.1) is 6.42 Å². The monoisotopic (exact) mass is 128 g/mol. The fraction of sp³-hybridized carbons (Fsp3) is 0.200. The Morgan fingerprint density at radius 2 is 2.20 bits per heavy atom. The lowest BCUT2D eigenvalue weighted by molar-refractivity contribution is 0.835. The van der Waals surface area contributed by atoms with E-state index in [-0.39, 0.29) is 0 Å². The van der Waals surface area contributed by atoms with Gasteiger partial charge in [-0.05, 0) is 30.0 Å². The first-order valence-electron chi connectivity index (χ1n) is 3.49. The van der Waals surface area contributed by atoms with Crippen molar-refractivity contribution in [2.75, 3.05) is 0 Å². The molecule has 0 fully saturated rings. The van der Waals surface area contributed by atoms with Crippen LogP contribution in [0.3, 0.4) is 0 Å². The van der Waals surface area contributed by atoms with Crippen molar-refractivity contribution in [1.82, 2.24) is 0 Å². The summed E-state index contributed by atoms with van der Waals surface area (Å²) < 4.78 is 0. The van der Waals surface area contributed by atoms with Crippen LogP contribution in [0.15, 0.2) is 18.2 Å². The van der Waals surface area contributed by atoms with Crippen LogP contribution in [0.5, 0.6) is 0 Å². The van der Waals surface area contributed by atoms with E-state index >= 15 is 0 Å². The lowest BCUT2D eigenvalue weighted by Gasteiger charge is -2.19. The molecule has 0 atom stereocenters. The summed E-state index contributed by atoms with van der Waals surface area (Å²) in [7, 11) is 0. The molecule has 1 aromatic carbocycles. The molecule has 1 aliphatic rings. The quantitative estimate of drug-likeness (QED) is 0.467. The van der Waals surface area contributed by atoms with Crippen molar-refractivity contribution in [3.05, 3.63) is 34.9 Å².